The second kappa shape index (κ2) is 15.5. The van der Waals surface area contributed by atoms with Gasteiger partial charge in [0.15, 0.2) is 0 Å². The molecule has 0 radical (unpaired) electrons. The Morgan fingerprint density at radius 2 is 0.972 bits per heavy atom. The molecule has 0 atom stereocenters. The number of thiophene rings is 1. The SMILES string of the molecule is Cc1cc2c3c(c1)N(c1ccc(C(C)(C)C)cc1-c1ccc4c(c1)C(C)(C)CCC4(C)C)c1c(sc4ccc(C(C)(C)C)cc14)B3c1cc3c(cc1N2c1ccc(C(C)(C)C)cc1)C(C)(C)CCC3(C)C. The van der Waals surface area contributed by atoms with Crippen molar-refractivity contribution in [3.05, 3.63) is 148 Å². The van der Waals surface area contributed by atoms with Gasteiger partial charge in [0.1, 0.15) is 0 Å². The third-order valence-electron chi connectivity index (χ3n) is 17.9. The van der Waals surface area contributed by atoms with Crippen LogP contribution in [0.25, 0.3) is 21.2 Å². The standard InChI is InChI=1S/C67H79BN2S/c1-40-33-55-58-56(34-40)70(53-27-22-43(62(5,6)7)36-46(53)41-19-26-48-49(35-41)65(13,14)30-29-64(48,11)12)59-47-37-44(63(8,9)10)23-28-57(47)71-60(59)68(58)52-38-50-51(67(17,18)32-31-66(50,15)16)39-54(52)69(55)45-24-20-42(21-25-45)61(2,3)4/h19-28,33-39H,29-32H2,1-18H3. The summed E-state index contributed by atoms with van der Waals surface area (Å²) >= 11 is 2.03. The molecule has 2 aliphatic heterocycles. The zero-order valence-corrected chi connectivity index (χ0v) is 47.3. The molecule has 0 saturated heterocycles. The Balaban J connectivity index is 1.27. The van der Waals surface area contributed by atoms with Crippen LogP contribution < -0.4 is 25.5 Å². The number of anilines is 6. The van der Waals surface area contributed by atoms with Crippen LogP contribution in [0.3, 0.4) is 0 Å². The van der Waals surface area contributed by atoms with Gasteiger partial charge in [0, 0.05) is 43.2 Å². The molecule has 366 valence electrons. The van der Waals surface area contributed by atoms with Crippen LogP contribution in [-0.2, 0) is 37.9 Å². The van der Waals surface area contributed by atoms with Gasteiger partial charge in [-0.1, -0.05) is 166 Å². The first-order valence-electron chi connectivity index (χ1n) is 26.9. The van der Waals surface area contributed by atoms with E-state index in [2.05, 4.69) is 238 Å². The van der Waals surface area contributed by atoms with Gasteiger partial charge in [-0.25, -0.2) is 0 Å². The van der Waals surface area contributed by atoms with E-state index in [-0.39, 0.29) is 44.6 Å². The van der Waals surface area contributed by atoms with Crippen LogP contribution >= 0.6 is 11.3 Å². The molecule has 6 aromatic carbocycles. The number of hydrogen-bond donors (Lipinski definition) is 0. The molecule has 7 aromatic rings. The molecular formula is C67H79BN2S. The molecule has 0 unspecified atom stereocenters. The molecule has 4 heteroatoms. The summed E-state index contributed by atoms with van der Waals surface area (Å²) in [5.74, 6) is 0. The summed E-state index contributed by atoms with van der Waals surface area (Å²) in [4.78, 5) is 5.41. The Morgan fingerprint density at radius 3 is 1.56 bits per heavy atom. The number of aryl methyl sites for hydroxylation is 1. The van der Waals surface area contributed by atoms with Crippen molar-refractivity contribution in [2.75, 3.05) is 9.80 Å². The van der Waals surface area contributed by atoms with Crippen LogP contribution in [0.1, 0.15) is 188 Å². The zero-order valence-electron chi connectivity index (χ0n) is 46.5. The monoisotopic (exact) mass is 955 g/mol. The highest BCUT2D eigenvalue weighted by molar-refractivity contribution is 7.33. The van der Waals surface area contributed by atoms with Gasteiger partial charge in [0.25, 0.3) is 6.71 Å². The van der Waals surface area contributed by atoms with Crippen molar-refractivity contribution in [1.29, 1.82) is 0 Å². The summed E-state index contributed by atoms with van der Waals surface area (Å²) < 4.78 is 2.80. The van der Waals surface area contributed by atoms with Gasteiger partial charge in [0.2, 0.25) is 0 Å². The molecule has 2 nitrogen and oxygen atoms in total. The number of fused-ring (bicyclic) bond motifs is 8. The van der Waals surface area contributed by atoms with Gasteiger partial charge in [-0.15, -0.1) is 11.3 Å². The van der Waals surface area contributed by atoms with E-state index in [1.54, 1.807) is 0 Å². The third kappa shape index (κ3) is 7.60. The van der Waals surface area contributed by atoms with Crippen molar-refractivity contribution in [2.24, 2.45) is 0 Å². The van der Waals surface area contributed by atoms with E-state index in [1.807, 2.05) is 11.3 Å². The van der Waals surface area contributed by atoms with Crippen LogP contribution in [0.15, 0.2) is 103 Å². The first-order chi connectivity index (χ1) is 33.0. The Bertz CT molecular complexity index is 3330. The van der Waals surface area contributed by atoms with Gasteiger partial charge in [-0.2, -0.15) is 0 Å². The normalized spacial score (nSPS) is 18.4. The van der Waals surface area contributed by atoms with Crippen LogP contribution in [0.2, 0.25) is 0 Å². The summed E-state index contributed by atoms with van der Waals surface area (Å²) in [5, 5.41) is 1.35. The lowest BCUT2D eigenvalue weighted by Gasteiger charge is -2.47. The van der Waals surface area contributed by atoms with Gasteiger partial charge in [0.05, 0.1) is 11.4 Å². The van der Waals surface area contributed by atoms with E-state index >= 15 is 0 Å². The lowest BCUT2D eigenvalue weighted by molar-refractivity contribution is 0.332. The Labute approximate surface area is 432 Å². The fourth-order valence-corrected chi connectivity index (χ4v) is 14.3. The first-order valence-corrected chi connectivity index (χ1v) is 27.7. The second-order valence-electron chi connectivity index (χ2n) is 28.1. The van der Waals surface area contributed by atoms with Crippen molar-refractivity contribution in [1.82, 2.24) is 0 Å². The highest BCUT2D eigenvalue weighted by atomic mass is 32.1. The van der Waals surface area contributed by atoms with Crippen molar-refractivity contribution in [2.45, 2.75) is 188 Å². The van der Waals surface area contributed by atoms with Gasteiger partial charge in [-0.3, -0.25) is 0 Å². The van der Waals surface area contributed by atoms with Gasteiger partial charge >= 0.3 is 0 Å². The Morgan fingerprint density at radius 1 is 0.465 bits per heavy atom. The summed E-state index contributed by atoms with van der Waals surface area (Å²) in [6.07, 6.45) is 4.74. The Kier molecular flexibility index (Phi) is 10.5. The lowest BCUT2D eigenvalue weighted by atomic mass is 9.35. The third-order valence-corrected chi connectivity index (χ3v) is 19.1. The minimum absolute atomic E-state index is 0.00860. The zero-order chi connectivity index (χ0) is 50.9. The molecule has 0 spiro atoms. The second-order valence-corrected chi connectivity index (χ2v) is 29.2. The maximum absolute atomic E-state index is 2.75. The molecule has 4 aliphatic rings. The minimum atomic E-state index is -0.0334. The van der Waals surface area contributed by atoms with Crippen LogP contribution in [0, 0.1) is 6.92 Å². The van der Waals surface area contributed by atoms with Crippen LogP contribution in [-0.4, -0.2) is 6.71 Å². The molecule has 0 fully saturated rings. The number of hydrogen-bond acceptors (Lipinski definition) is 3. The quantitative estimate of drug-likeness (QED) is 0.163. The highest BCUT2D eigenvalue weighted by Crippen LogP contribution is 2.55. The van der Waals surface area contributed by atoms with E-state index in [0.717, 1.165) is 0 Å². The number of nitrogens with zero attached hydrogens (tertiary/aromatic N) is 2. The minimum Gasteiger partial charge on any atom is -0.311 e. The maximum atomic E-state index is 2.75. The highest BCUT2D eigenvalue weighted by Gasteiger charge is 2.48. The van der Waals surface area contributed by atoms with Gasteiger partial charge in [-0.05, 0) is 186 Å². The molecule has 3 heterocycles. The first kappa shape index (κ1) is 48.2. The molecule has 0 amide bonds. The summed E-state index contributed by atoms with van der Waals surface area (Å²) in [6.45, 7) is 43.3. The Hall–Kier alpha value is -5.06. The smallest absolute Gasteiger partial charge is 0.264 e. The van der Waals surface area contributed by atoms with Crippen molar-refractivity contribution >= 4 is 78.0 Å². The van der Waals surface area contributed by atoms with Crippen LogP contribution in [0.5, 0.6) is 0 Å². The molecule has 1 aromatic heterocycles. The average molecular weight is 955 g/mol. The summed E-state index contributed by atoms with van der Waals surface area (Å²) in [5.41, 5.74) is 24.9. The molecular weight excluding hydrogens is 876 g/mol. The lowest BCUT2D eigenvalue weighted by Crippen LogP contribution is -2.61. The van der Waals surface area contributed by atoms with Crippen molar-refractivity contribution in [3.63, 3.8) is 0 Å². The van der Waals surface area contributed by atoms with Crippen LogP contribution in [0.4, 0.5) is 34.1 Å². The molecule has 2 aliphatic carbocycles. The largest absolute Gasteiger partial charge is 0.311 e. The average Bonchev–Trinajstić information content (AvgIpc) is 3.66. The van der Waals surface area contributed by atoms with E-state index < -0.39 is 0 Å². The van der Waals surface area contributed by atoms with Crippen molar-refractivity contribution in [3.8, 4) is 11.1 Å². The molecule has 11 rings (SSSR count). The molecule has 71 heavy (non-hydrogen) atoms. The fourth-order valence-electron chi connectivity index (χ4n) is 13.0. The predicted octanol–water partition coefficient (Wildman–Crippen LogP) is 17.5. The van der Waals surface area contributed by atoms with E-state index in [9.17, 15) is 0 Å². The van der Waals surface area contributed by atoms with Crippen molar-refractivity contribution < 1.29 is 0 Å². The molecule has 0 N–H and O–H groups in total. The topological polar surface area (TPSA) is 6.48 Å². The predicted molar refractivity (Wildman–Crippen MR) is 313 cm³/mol. The summed E-state index contributed by atoms with van der Waals surface area (Å²) in [6, 6.07) is 42.3. The number of rotatable bonds is 3. The summed E-state index contributed by atoms with van der Waals surface area (Å²) in [7, 11) is 0. The van der Waals surface area contributed by atoms with Gasteiger partial charge < -0.3 is 9.80 Å². The molecule has 0 saturated carbocycles. The van der Waals surface area contributed by atoms with E-state index in [1.165, 1.54) is 141 Å². The number of benzene rings is 6. The van der Waals surface area contributed by atoms with E-state index in [0.29, 0.717) is 0 Å². The fraction of sp³-hybridized carbons (Fsp3) is 0.433. The molecule has 0 bridgehead atoms. The van der Waals surface area contributed by atoms with E-state index in [4.69, 9.17) is 0 Å². The maximum Gasteiger partial charge on any atom is 0.264 e.